The number of hydrogen-bond donors (Lipinski definition) is 0. The number of Topliss-reactive ketones (excluding diaryl/α,β-unsaturated/α-hetero) is 1. The van der Waals surface area contributed by atoms with Crippen molar-refractivity contribution in [2.24, 2.45) is 0 Å². The van der Waals surface area contributed by atoms with E-state index in [-0.39, 0.29) is 23.4 Å². The second kappa shape index (κ2) is 6.53. The lowest BCUT2D eigenvalue weighted by Gasteiger charge is -2.24. The standard InChI is InChI=1S/C18H28O3S/c1-7-11-22(20,21)18(5,6)16(19)13-14-9-8-10-15(12-14)17(2,3)4/h8-10,12H,7,11,13H2,1-6H3. The molecule has 0 fully saturated rings. The minimum absolute atomic E-state index is 0.00284. The van der Waals surface area contributed by atoms with Crippen LogP contribution in [-0.4, -0.2) is 24.7 Å². The van der Waals surface area contributed by atoms with E-state index in [2.05, 4.69) is 20.8 Å². The van der Waals surface area contributed by atoms with E-state index < -0.39 is 14.6 Å². The topological polar surface area (TPSA) is 51.2 Å². The van der Waals surface area contributed by atoms with Crippen molar-refractivity contribution in [3.05, 3.63) is 35.4 Å². The second-order valence-corrected chi connectivity index (χ2v) is 10.0. The molecule has 1 aromatic carbocycles. The van der Waals surface area contributed by atoms with Gasteiger partial charge in [0.05, 0.1) is 5.75 Å². The maximum absolute atomic E-state index is 12.5. The quantitative estimate of drug-likeness (QED) is 0.801. The molecule has 0 aliphatic carbocycles. The predicted octanol–water partition coefficient (Wildman–Crippen LogP) is 3.70. The van der Waals surface area contributed by atoms with Crippen molar-refractivity contribution in [1.29, 1.82) is 0 Å². The Bertz CT molecular complexity index is 635. The van der Waals surface area contributed by atoms with Crippen LogP contribution in [0.1, 0.15) is 59.1 Å². The molecule has 3 nitrogen and oxygen atoms in total. The highest BCUT2D eigenvalue weighted by Gasteiger charge is 2.40. The summed E-state index contributed by atoms with van der Waals surface area (Å²) < 4.78 is 23.2. The van der Waals surface area contributed by atoms with Gasteiger partial charge in [-0.25, -0.2) is 8.42 Å². The maximum Gasteiger partial charge on any atom is 0.162 e. The van der Waals surface area contributed by atoms with E-state index in [1.165, 1.54) is 13.8 Å². The van der Waals surface area contributed by atoms with E-state index >= 15 is 0 Å². The van der Waals surface area contributed by atoms with Gasteiger partial charge in [0.25, 0.3) is 0 Å². The minimum Gasteiger partial charge on any atom is -0.298 e. The average molecular weight is 324 g/mol. The fourth-order valence-electron chi connectivity index (χ4n) is 2.24. The number of ketones is 1. The van der Waals surface area contributed by atoms with Crippen LogP contribution in [0.4, 0.5) is 0 Å². The molecule has 0 bridgehead atoms. The predicted molar refractivity (Wildman–Crippen MR) is 92.0 cm³/mol. The molecule has 124 valence electrons. The SMILES string of the molecule is CCCS(=O)(=O)C(C)(C)C(=O)Cc1cccc(C(C)(C)C)c1. The van der Waals surface area contributed by atoms with Gasteiger partial charge in [-0.3, -0.25) is 4.79 Å². The van der Waals surface area contributed by atoms with Crippen LogP contribution in [0.5, 0.6) is 0 Å². The third kappa shape index (κ3) is 4.19. The van der Waals surface area contributed by atoms with Gasteiger partial charge >= 0.3 is 0 Å². The summed E-state index contributed by atoms with van der Waals surface area (Å²) in [5, 5.41) is 0. The van der Waals surface area contributed by atoms with Gasteiger partial charge in [-0.2, -0.15) is 0 Å². The zero-order valence-electron chi connectivity index (χ0n) is 14.6. The van der Waals surface area contributed by atoms with E-state index in [1.807, 2.05) is 31.2 Å². The molecule has 1 rings (SSSR count). The van der Waals surface area contributed by atoms with Crippen LogP contribution in [0, 0.1) is 0 Å². The Balaban J connectivity index is 3.03. The summed E-state index contributed by atoms with van der Waals surface area (Å²) in [4.78, 5) is 12.5. The Hall–Kier alpha value is -1.16. The third-order valence-electron chi connectivity index (χ3n) is 4.08. The Kier molecular flexibility index (Phi) is 5.61. The average Bonchev–Trinajstić information content (AvgIpc) is 2.37. The number of benzene rings is 1. The normalized spacial score (nSPS) is 13.2. The summed E-state index contributed by atoms with van der Waals surface area (Å²) in [6.07, 6.45) is 0.679. The van der Waals surface area contributed by atoms with Gasteiger partial charge in [-0.1, -0.05) is 52.0 Å². The van der Waals surface area contributed by atoms with Gasteiger partial charge in [0, 0.05) is 6.42 Å². The Morgan fingerprint density at radius 1 is 1.09 bits per heavy atom. The molecule has 22 heavy (non-hydrogen) atoms. The van der Waals surface area contributed by atoms with E-state index in [4.69, 9.17) is 0 Å². The molecule has 0 saturated carbocycles. The lowest BCUT2D eigenvalue weighted by atomic mass is 9.85. The lowest BCUT2D eigenvalue weighted by molar-refractivity contribution is -0.120. The highest BCUT2D eigenvalue weighted by molar-refractivity contribution is 7.93. The highest BCUT2D eigenvalue weighted by atomic mass is 32.2. The number of carbonyl (C=O) groups excluding carboxylic acids is 1. The first-order valence-electron chi connectivity index (χ1n) is 7.77. The summed E-state index contributed by atoms with van der Waals surface area (Å²) in [7, 11) is -3.42. The highest BCUT2D eigenvalue weighted by Crippen LogP contribution is 2.25. The third-order valence-corrected chi connectivity index (χ3v) is 6.81. The van der Waals surface area contributed by atoms with Crippen LogP contribution in [0.3, 0.4) is 0 Å². The van der Waals surface area contributed by atoms with Crippen LogP contribution >= 0.6 is 0 Å². The molecule has 0 amide bonds. The molecule has 0 aliphatic rings. The van der Waals surface area contributed by atoms with Crippen molar-refractivity contribution in [3.63, 3.8) is 0 Å². The molecule has 0 radical (unpaired) electrons. The van der Waals surface area contributed by atoms with Crippen LogP contribution in [0.2, 0.25) is 0 Å². The first-order valence-corrected chi connectivity index (χ1v) is 9.42. The molecule has 1 aromatic rings. The van der Waals surface area contributed by atoms with Crippen LogP contribution in [-0.2, 0) is 26.5 Å². The molecule has 0 unspecified atom stereocenters. The van der Waals surface area contributed by atoms with E-state index in [1.54, 1.807) is 0 Å². The number of hydrogen-bond acceptors (Lipinski definition) is 3. The van der Waals surface area contributed by atoms with Gasteiger partial charge in [0.1, 0.15) is 4.75 Å². The smallest absolute Gasteiger partial charge is 0.162 e. The zero-order valence-corrected chi connectivity index (χ0v) is 15.4. The van der Waals surface area contributed by atoms with E-state index in [0.717, 1.165) is 11.1 Å². The Labute approximate surface area is 135 Å². The van der Waals surface area contributed by atoms with Gasteiger partial charge in [0.15, 0.2) is 15.6 Å². The monoisotopic (exact) mass is 324 g/mol. The molecule has 0 spiro atoms. The Morgan fingerprint density at radius 2 is 1.68 bits per heavy atom. The summed E-state index contributed by atoms with van der Waals surface area (Å²) in [6, 6.07) is 7.85. The fourth-order valence-corrected chi connectivity index (χ4v) is 3.71. The van der Waals surface area contributed by atoms with Crippen LogP contribution < -0.4 is 0 Å². The second-order valence-electron chi connectivity index (χ2n) is 7.38. The zero-order chi connectivity index (χ0) is 17.2. The van der Waals surface area contributed by atoms with Gasteiger partial charge in [0.2, 0.25) is 0 Å². The number of rotatable bonds is 6. The molecule has 0 atom stereocenters. The first kappa shape index (κ1) is 18.9. The summed E-state index contributed by atoms with van der Waals surface area (Å²) in [6.45, 7) is 11.2. The Morgan fingerprint density at radius 3 is 2.18 bits per heavy atom. The minimum atomic E-state index is -3.42. The van der Waals surface area contributed by atoms with Crippen molar-refractivity contribution in [2.45, 2.75) is 64.5 Å². The van der Waals surface area contributed by atoms with Gasteiger partial charge in [-0.15, -0.1) is 0 Å². The fraction of sp³-hybridized carbons (Fsp3) is 0.611. The molecule has 0 aliphatic heterocycles. The van der Waals surface area contributed by atoms with E-state index in [0.29, 0.717) is 6.42 Å². The molecule has 4 heteroatoms. The number of carbonyl (C=O) groups is 1. The number of sulfone groups is 1. The van der Waals surface area contributed by atoms with Crippen molar-refractivity contribution in [2.75, 3.05) is 5.75 Å². The van der Waals surface area contributed by atoms with Crippen LogP contribution in [0.15, 0.2) is 24.3 Å². The largest absolute Gasteiger partial charge is 0.298 e. The summed E-state index contributed by atoms with van der Waals surface area (Å²) in [5.41, 5.74) is 2.02. The molecule has 0 aromatic heterocycles. The van der Waals surface area contributed by atoms with Gasteiger partial charge in [-0.05, 0) is 36.8 Å². The van der Waals surface area contributed by atoms with Crippen molar-refractivity contribution in [3.8, 4) is 0 Å². The van der Waals surface area contributed by atoms with Crippen molar-refractivity contribution < 1.29 is 13.2 Å². The van der Waals surface area contributed by atoms with E-state index in [9.17, 15) is 13.2 Å². The van der Waals surface area contributed by atoms with Crippen LogP contribution in [0.25, 0.3) is 0 Å². The molecular weight excluding hydrogens is 296 g/mol. The lowest BCUT2D eigenvalue weighted by Crippen LogP contribution is -2.43. The first-order chi connectivity index (χ1) is 9.91. The molecule has 0 N–H and O–H groups in total. The summed E-state index contributed by atoms with van der Waals surface area (Å²) in [5.74, 6) is -0.194. The molecule has 0 saturated heterocycles. The van der Waals surface area contributed by atoms with Gasteiger partial charge < -0.3 is 0 Å². The maximum atomic E-state index is 12.5. The van der Waals surface area contributed by atoms with Crippen molar-refractivity contribution >= 4 is 15.6 Å². The van der Waals surface area contributed by atoms with Crippen molar-refractivity contribution in [1.82, 2.24) is 0 Å². The molecule has 0 heterocycles. The molecular formula is C18H28O3S. The summed E-state index contributed by atoms with van der Waals surface area (Å²) >= 11 is 0.